The van der Waals surface area contributed by atoms with Crippen LogP contribution < -0.4 is 0 Å². The molecule has 4 nitrogen and oxygen atoms in total. The number of rotatable bonds is 3. The minimum atomic E-state index is -0.167. The molecule has 0 aliphatic carbocycles. The van der Waals surface area contributed by atoms with Gasteiger partial charge >= 0.3 is 0 Å². The van der Waals surface area contributed by atoms with Crippen molar-refractivity contribution in [3.05, 3.63) is 47.3 Å². The number of hydrogen-bond donors (Lipinski definition) is 1. The fraction of sp³-hybridized carbons (Fsp3) is 0.438. The minimum Gasteiger partial charge on any atom is -0.392 e. The Bertz CT molecular complexity index is 591. The molecule has 2 heterocycles. The average molecular weight is 271 g/mol. The van der Waals surface area contributed by atoms with Crippen LogP contribution in [0.4, 0.5) is 0 Å². The van der Waals surface area contributed by atoms with Crippen molar-refractivity contribution in [2.24, 2.45) is 0 Å². The van der Waals surface area contributed by atoms with Crippen molar-refractivity contribution in [2.75, 3.05) is 13.1 Å². The van der Waals surface area contributed by atoms with Gasteiger partial charge in [0.1, 0.15) is 0 Å². The number of aliphatic hydroxyl groups is 1. The quantitative estimate of drug-likeness (QED) is 0.929. The monoisotopic (exact) mass is 271 g/mol. The van der Waals surface area contributed by atoms with Crippen LogP contribution in [-0.2, 0) is 6.54 Å². The second-order valence-corrected chi connectivity index (χ2v) is 5.57. The van der Waals surface area contributed by atoms with Crippen LogP contribution in [0.15, 0.2) is 30.3 Å². The molecule has 0 spiro atoms. The van der Waals surface area contributed by atoms with Crippen LogP contribution in [0, 0.1) is 13.8 Å². The fourth-order valence-electron chi connectivity index (χ4n) is 2.90. The van der Waals surface area contributed by atoms with E-state index in [-0.39, 0.29) is 6.10 Å². The lowest BCUT2D eigenvalue weighted by Gasteiger charge is -2.15. The van der Waals surface area contributed by atoms with E-state index >= 15 is 0 Å². The smallest absolute Gasteiger partial charge is 0.0679 e. The van der Waals surface area contributed by atoms with Gasteiger partial charge in [-0.15, -0.1) is 0 Å². The molecule has 1 aliphatic heterocycles. The first-order valence-corrected chi connectivity index (χ1v) is 7.16. The van der Waals surface area contributed by atoms with E-state index in [1.807, 2.05) is 22.9 Å². The Balaban J connectivity index is 1.87. The topological polar surface area (TPSA) is 41.3 Å². The largest absolute Gasteiger partial charge is 0.392 e. The molecule has 1 saturated heterocycles. The highest BCUT2D eigenvalue weighted by Crippen LogP contribution is 2.21. The minimum absolute atomic E-state index is 0.167. The molecule has 3 rings (SSSR count). The van der Waals surface area contributed by atoms with Gasteiger partial charge in [-0.3, -0.25) is 4.90 Å². The van der Waals surface area contributed by atoms with Gasteiger partial charge in [0, 0.05) is 30.9 Å². The van der Waals surface area contributed by atoms with Gasteiger partial charge in [0.15, 0.2) is 0 Å². The summed E-state index contributed by atoms with van der Waals surface area (Å²) in [4.78, 5) is 2.30. The Morgan fingerprint density at radius 1 is 1.25 bits per heavy atom. The Morgan fingerprint density at radius 3 is 2.65 bits per heavy atom. The molecule has 1 aliphatic rings. The molecule has 1 aromatic carbocycles. The van der Waals surface area contributed by atoms with Crippen molar-refractivity contribution in [3.8, 4) is 5.69 Å². The molecule has 1 fully saturated rings. The summed E-state index contributed by atoms with van der Waals surface area (Å²) < 4.78 is 2.01. The van der Waals surface area contributed by atoms with Crippen LogP contribution in [0.3, 0.4) is 0 Å². The third-order valence-corrected chi connectivity index (χ3v) is 4.07. The number of aromatic nitrogens is 2. The Hall–Kier alpha value is -1.65. The number of likely N-dealkylation sites (tertiary alicyclic amines) is 1. The summed E-state index contributed by atoms with van der Waals surface area (Å²) in [7, 11) is 0. The van der Waals surface area contributed by atoms with Crippen LogP contribution in [0.2, 0.25) is 0 Å². The molecule has 0 amide bonds. The first-order chi connectivity index (χ1) is 9.65. The summed E-state index contributed by atoms with van der Waals surface area (Å²) in [5.74, 6) is 0. The van der Waals surface area contributed by atoms with E-state index in [4.69, 9.17) is 0 Å². The van der Waals surface area contributed by atoms with Gasteiger partial charge < -0.3 is 5.11 Å². The highest BCUT2D eigenvalue weighted by molar-refractivity contribution is 5.36. The van der Waals surface area contributed by atoms with E-state index in [9.17, 15) is 5.11 Å². The van der Waals surface area contributed by atoms with Crippen molar-refractivity contribution in [1.82, 2.24) is 14.7 Å². The summed E-state index contributed by atoms with van der Waals surface area (Å²) in [6, 6.07) is 10.2. The summed E-state index contributed by atoms with van der Waals surface area (Å²) >= 11 is 0. The molecule has 1 atom stereocenters. The van der Waals surface area contributed by atoms with Crippen LogP contribution in [0.5, 0.6) is 0 Å². The predicted molar refractivity (Wildman–Crippen MR) is 78.9 cm³/mol. The third-order valence-electron chi connectivity index (χ3n) is 4.07. The van der Waals surface area contributed by atoms with Crippen LogP contribution in [-0.4, -0.2) is 39.0 Å². The summed E-state index contributed by atoms with van der Waals surface area (Å²) in [5, 5.41) is 14.3. The van der Waals surface area contributed by atoms with Gasteiger partial charge in [0.05, 0.1) is 17.5 Å². The van der Waals surface area contributed by atoms with E-state index in [2.05, 4.69) is 36.0 Å². The van der Waals surface area contributed by atoms with Crippen LogP contribution >= 0.6 is 0 Å². The Kier molecular flexibility index (Phi) is 3.59. The molecule has 4 heteroatoms. The SMILES string of the molecule is Cc1nn(-c2ccccc2)c(C)c1CN1CC[C@@H](O)C1. The number of hydrogen-bond acceptors (Lipinski definition) is 3. The second-order valence-electron chi connectivity index (χ2n) is 5.57. The zero-order valence-electron chi connectivity index (χ0n) is 12.1. The normalized spacial score (nSPS) is 19.6. The maximum atomic E-state index is 9.64. The number of aryl methyl sites for hydroxylation is 1. The van der Waals surface area contributed by atoms with Gasteiger partial charge in [0.2, 0.25) is 0 Å². The molecule has 106 valence electrons. The first-order valence-electron chi connectivity index (χ1n) is 7.16. The lowest BCUT2D eigenvalue weighted by molar-refractivity contribution is 0.174. The number of benzene rings is 1. The molecular weight excluding hydrogens is 250 g/mol. The molecule has 0 unspecified atom stereocenters. The first kappa shape index (κ1) is 13.3. The standard InChI is InChI=1S/C16H21N3O/c1-12-16(11-18-9-8-15(20)10-18)13(2)19(17-12)14-6-4-3-5-7-14/h3-7,15,20H,8-11H2,1-2H3/t15-/m1/s1. The maximum absolute atomic E-state index is 9.64. The van der Waals surface area contributed by atoms with Gasteiger partial charge in [-0.2, -0.15) is 5.10 Å². The van der Waals surface area contributed by atoms with E-state index in [0.717, 1.165) is 37.4 Å². The Labute approximate surface area is 119 Å². The van der Waals surface area contributed by atoms with Crippen molar-refractivity contribution < 1.29 is 5.11 Å². The molecule has 0 bridgehead atoms. The third kappa shape index (κ3) is 2.49. The average Bonchev–Trinajstić information content (AvgIpc) is 2.98. The van der Waals surface area contributed by atoms with E-state index < -0.39 is 0 Å². The van der Waals surface area contributed by atoms with Crippen LogP contribution in [0.25, 0.3) is 5.69 Å². The van der Waals surface area contributed by atoms with Crippen molar-refractivity contribution in [3.63, 3.8) is 0 Å². The number of nitrogens with zero attached hydrogens (tertiary/aromatic N) is 3. The molecule has 1 aromatic heterocycles. The van der Waals surface area contributed by atoms with Crippen molar-refractivity contribution >= 4 is 0 Å². The highest BCUT2D eigenvalue weighted by atomic mass is 16.3. The van der Waals surface area contributed by atoms with Crippen molar-refractivity contribution in [1.29, 1.82) is 0 Å². The number of aliphatic hydroxyl groups excluding tert-OH is 1. The zero-order valence-corrected chi connectivity index (χ0v) is 12.1. The summed E-state index contributed by atoms with van der Waals surface area (Å²) in [6.07, 6.45) is 0.713. The molecule has 0 radical (unpaired) electrons. The van der Waals surface area contributed by atoms with Gasteiger partial charge in [-0.1, -0.05) is 18.2 Å². The second kappa shape index (κ2) is 5.38. The fourth-order valence-corrected chi connectivity index (χ4v) is 2.90. The van der Waals surface area contributed by atoms with E-state index in [1.54, 1.807) is 0 Å². The molecule has 0 saturated carbocycles. The molecule has 20 heavy (non-hydrogen) atoms. The van der Waals surface area contributed by atoms with Crippen molar-refractivity contribution in [2.45, 2.75) is 32.9 Å². The number of β-amino-alcohol motifs (C(OH)–C–C–N with tert-alkyl or cyclic N) is 1. The van der Waals surface area contributed by atoms with Gasteiger partial charge in [0.25, 0.3) is 0 Å². The number of para-hydroxylation sites is 1. The summed E-state index contributed by atoms with van der Waals surface area (Å²) in [5.41, 5.74) is 4.64. The van der Waals surface area contributed by atoms with Crippen LogP contribution in [0.1, 0.15) is 23.4 Å². The maximum Gasteiger partial charge on any atom is 0.0679 e. The van der Waals surface area contributed by atoms with E-state index in [0.29, 0.717) is 0 Å². The predicted octanol–water partition coefficient (Wildman–Crippen LogP) is 2.06. The lowest BCUT2D eigenvalue weighted by atomic mass is 10.2. The zero-order chi connectivity index (χ0) is 14.1. The summed E-state index contributed by atoms with van der Waals surface area (Å²) in [6.45, 7) is 6.80. The molecule has 1 N–H and O–H groups in total. The van der Waals surface area contributed by atoms with Gasteiger partial charge in [-0.25, -0.2) is 4.68 Å². The molecular formula is C16H21N3O. The van der Waals surface area contributed by atoms with Gasteiger partial charge in [-0.05, 0) is 32.4 Å². The highest BCUT2D eigenvalue weighted by Gasteiger charge is 2.22. The molecule has 2 aromatic rings. The Morgan fingerprint density at radius 2 is 2.00 bits per heavy atom. The van der Waals surface area contributed by atoms with E-state index in [1.165, 1.54) is 11.3 Å². The lowest BCUT2D eigenvalue weighted by Crippen LogP contribution is -2.22.